The molecule has 3 aromatic carbocycles. The molecule has 1 amide bonds. The molecule has 2 N–H and O–H groups in total. The number of aliphatic hydroxyl groups excluding tert-OH is 1. The Labute approximate surface area is 354 Å². The number of methoxy groups -OCH3 is 2. The minimum atomic E-state index is -1.39. The van der Waals surface area contributed by atoms with E-state index in [1.165, 1.54) is 50.8 Å². The highest BCUT2D eigenvalue weighted by Gasteiger charge is 2.48. The van der Waals surface area contributed by atoms with E-state index in [1.54, 1.807) is 14.2 Å². The van der Waals surface area contributed by atoms with Crippen LogP contribution in [0.25, 0.3) is 0 Å². The van der Waals surface area contributed by atoms with Crippen LogP contribution in [0.1, 0.15) is 114 Å². The minimum Gasteiger partial charge on any atom is -0.497 e. The van der Waals surface area contributed by atoms with Gasteiger partial charge < -0.3 is 33.7 Å². The molecule has 1 aromatic heterocycles. The number of nitrogens with one attached hydrogen (secondary N) is 1. The molecule has 12 nitrogen and oxygen atoms in total. The van der Waals surface area contributed by atoms with E-state index in [2.05, 4.69) is 18.8 Å². The maximum absolute atomic E-state index is 14.0. The third kappa shape index (κ3) is 12.2. The van der Waals surface area contributed by atoms with E-state index in [4.69, 9.17) is 23.7 Å². The van der Waals surface area contributed by atoms with Gasteiger partial charge in [0.05, 0.1) is 20.8 Å². The second kappa shape index (κ2) is 23.9. The van der Waals surface area contributed by atoms with Crippen molar-refractivity contribution < 1.29 is 33.6 Å². The lowest BCUT2D eigenvalue weighted by Gasteiger charge is -2.37. The maximum atomic E-state index is 14.0. The van der Waals surface area contributed by atoms with Crippen LogP contribution >= 0.6 is 0 Å². The van der Waals surface area contributed by atoms with Crippen LogP contribution < -0.4 is 20.7 Å². The standard InChI is InChI=1S/C48H65N3O9/c1-5-7-9-11-13-18-31-50(32-19-14-12-10-8-6-2)43(53)35-58-45-41(60-46(44(45)54)51-33-30-42(52)49-47(51)55)34-59-48(36-20-16-15-17-21-36,37-22-26-39(56-3)27-23-37)38-24-28-40(57-4)29-25-38/h15-17,20-30,33,41,44-46,54H,5-14,18-19,31-32,34-35H2,1-4H3,(H,49,52,55)/t41-,44?,45?,46-/m1/s1. The summed E-state index contributed by atoms with van der Waals surface area (Å²) in [6.07, 6.45) is 9.97. The molecule has 5 rings (SSSR count). The van der Waals surface area contributed by atoms with E-state index in [0.717, 1.165) is 59.8 Å². The summed E-state index contributed by atoms with van der Waals surface area (Å²) in [5.41, 5.74) is -0.142. The number of ether oxygens (including phenoxy) is 5. The van der Waals surface area contributed by atoms with Crippen LogP contribution in [0.4, 0.5) is 0 Å². The van der Waals surface area contributed by atoms with Gasteiger partial charge in [-0.15, -0.1) is 0 Å². The van der Waals surface area contributed by atoms with Gasteiger partial charge >= 0.3 is 5.69 Å². The topological polar surface area (TPSA) is 142 Å². The zero-order chi connectivity index (χ0) is 42.7. The van der Waals surface area contributed by atoms with Gasteiger partial charge in [-0.25, -0.2) is 4.79 Å². The number of rotatable bonds is 26. The van der Waals surface area contributed by atoms with Crippen LogP contribution in [-0.4, -0.2) is 84.3 Å². The molecule has 0 aliphatic carbocycles. The van der Waals surface area contributed by atoms with Crippen molar-refractivity contribution >= 4 is 5.91 Å². The molecule has 2 unspecified atom stereocenters. The van der Waals surface area contributed by atoms with Crippen molar-refractivity contribution in [3.63, 3.8) is 0 Å². The van der Waals surface area contributed by atoms with E-state index in [1.807, 2.05) is 83.8 Å². The number of benzene rings is 3. The number of hydrogen-bond acceptors (Lipinski definition) is 9. The summed E-state index contributed by atoms with van der Waals surface area (Å²) < 4.78 is 32.1. The number of aromatic amines is 1. The van der Waals surface area contributed by atoms with Crippen LogP contribution in [0.2, 0.25) is 0 Å². The Morgan fingerprint density at radius 1 is 0.733 bits per heavy atom. The predicted octanol–water partition coefficient (Wildman–Crippen LogP) is 7.76. The van der Waals surface area contributed by atoms with Gasteiger partial charge in [-0.2, -0.15) is 0 Å². The largest absolute Gasteiger partial charge is 0.497 e. The summed E-state index contributed by atoms with van der Waals surface area (Å²) in [5, 5.41) is 11.9. The van der Waals surface area contributed by atoms with E-state index in [0.29, 0.717) is 24.6 Å². The molecule has 60 heavy (non-hydrogen) atoms. The lowest BCUT2D eigenvalue weighted by molar-refractivity contribution is -0.144. The number of amides is 1. The third-order valence-corrected chi connectivity index (χ3v) is 11.4. The Morgan fingerprint density at radius 2 is 1.25 bits per heavy atom. The molecule has 0 bridgehead atoms. The number of carbonyl (C=O) groups is 1. The van der Waals surface area contributed by atoms with Gasteiger partial charge in [-0.3, -0.25) is 19.1 Å². The fraction of sp³-hybridized carbons (Fsp3) is 0.521. The van der Waals surface area contributed by atoms with Gasteiger partial charge in [-0.1, -0.05) is 133 Å². The average molecular weight is 828 g/mol. The second-order valence-corrected chi connectivity index (χ2v) is 15.6. The van der Waals surface area contributed by atoms with Crippen molar-refractivity contribution in [3.8, 4) is 11.5 Å². The van der Waals surface area contributed by atoms with Crippen molar-refractivity contribution in [2.45, 2.75) is 121 Å². The number of carbonyl (C=O) groups excluding carboxylic acids is 1. The first kappa shape index (κ1) is 46.3. The molecule has 326 valence electrons. The van der Waals surface area contributed by atoms with E-state index in [-0.39, 0.29) is 19.1 Å². The molecule has 1 aliphatic heterocycles. The van der Waals surface area contributed by atoms with Crippen LogP contribution in [0.15, 0.2) is 101 Å². The number of unbranched alkanes of at least 4 members (excludes halogenated alkanes) is 10. The third-order valence-electron chi connectivity index (χ3n) is 11.4. The Morgan fingerprint density at radius 3 is 1.77 bits per heavy atom. The van der Waals surface area contributed by atoms with Gasteiger partial charge in [0.15, 0.2) is 6.23 Å². The number of aromatic nitrogens is 2. The Hall–Kier alpha value is -4.75. The summed E-state index contributed by atoms with van der Waals surface area (Å²) in [4.78, 5) is 43.2. The van der Waals surface area contributed by atoms with Crippen molar-refractivity contribution in [3.05, 3.63) is 129 Å². The molecule has 0 saturated carbocycles. The van der Waals surface area contributed by atoms with Crippen molar-refractivity contribution in [2.75, 3.05) is 40.5 Å². The highest BCUT2D eigenvalue weighted by atomic mass is 16.6. The van der Waals surface area contributed by atoms with Gasteiger partial charge in [-0.05, 0) is 53.8 Å². The van der Waals surface area contributed by atoms with Crippen molar-refractivity contribution in [1.82, 2.24) is 14.5 Å². The summed E-state index contributed by atoms with van der Waals surface area (Å²) >= 11 is 0. The highest BCUT2D eigenvalue weighted by Crippen LogP contribution is 2.43. The SMILES string of the molecule is CCCCCCCCN(CCCCCCCC)C(=O)COC1C(O)[C@H](n2ccc(=O)[nH]c2=O)O[C@@H]1COC(c1ccccc1)(c1ccc(OC)cc1)c1ccc(OC)cc1. The maximum Gasteiger partial charge on any atom is 0.330 e. The lowest BCUT2D eigenvalue weighted by atomic mass is 9.80. The second-order valence-electron chi connectivity index (χ2n) is 15.6. The lowest BCUT2D eigenvalue weighted by Crippen LogP contribution is -2.43. The molecule has 1 fully saturated rings. The zero-order valence-electron chi connectivity index (χ0n) is 35.9. The van der Waals surface area contributed by atoms with E-state index >= 15 is 0 Å². The molecule has 4 aromatic rings. The smallest absolute Gasteiger partial charge is 0.330 e. The monoisotopic (exact) mass is 827 g/mol. The van der Waals surface area contributed by atoms with Gasteiger partial charge in [0.2, 0.25) is 5.91 Å². The molecular weight excluding hydrogens is 763 g/mol. The van der Waals surface area contributed by atoms with E-state index < -0.39 is 41.4 Å². The van der Waals surface area contributed by atoms with Gasteiger partial charge in [0.1, 0.15) is 42.0 Å². The Kier molecular flexibility index (Phi) is 18.4. The van der Waals surface area contributed by atoms with Crippen LogP contribution in [0.5, 0.6) is 11.5 Å². The quantitative estimate of drug-likeness (QED) is 0.0480. The summed E-state index contributed by atoms with van der Waals surface area (Å²) in [7, 11) is 3.22. The Balaban J connectivity index is 1.45. The van der Waals surface area contributed by atoms with Gasteiger partial charge in [0.25, 0.3) is 5.56 Å². The molecular formula is C48H65N3O9. The van der Waals surface area contributed by atoms with Crippen LogP contribution in [-0.2, 0) is 24.6 Å². The molecule has 12 heteroatoms. The molecule has 0 spiro atoms. The minimum absolute atomic E-state index is 0.128. The van der Waals surface area contributed by atoms with Crippen molar-refractivity contribution in [1.29, 1.82) is 0 Å². The van der Waals surface area contributed by atoms with Crippen LogP contribution in [0.3, 0.4) is 0 Å². The Bertz CT molecular complexity index is 1900. The molecule has 0 radical (unpaired) electrons. The number of aliphatic hydroxyl groups is 1. The number of H-pyrrole nitrogens is 1. The average Bonchev–Trinajstić information content (AvgIpc) is 3.58. The summed E-state index contributed by atoms with van der Waals surface area (Å²) in [6, 6.07) is 26.2. The summed E-state index contributed by atoms with van der Waals surface area (Å²) in [6.45, 7) is 5.26. The number of nitrogens with zero attached hydrogens (tertiary/aromatic N) is 2. The zero-order valence-corrected chi connectivity index (χ0v) is 35.9. The first-order chi connectivity index (χ1) is 29.2. The van der Waals surface area contributed by atoms with Crippen LogP contribution in [0, 0.1) is 0 Å². The van der Waals surface area contributed by atoms with Crippen molar-refractivity contribution in [2.24, 2.45) is 0 Å². The fourth-order valence-corrected chi connectivity index (χ4v) is 7.98. The normalized spacial score (nSPS) is 17.8. The van der Waals surface area contributed by atoms with Gasteiger partial charge in [0, 0.05) is 25.4 Å². The fourth-order valence-electron chi connectivity index (χ4n) is 7.98. The highest BCUT2D eigenvalue weighted by molar-refractivity contribution is 5.77. The molecule has 1 aliphatic rings. The first-order valence-electron chi connectivity index (χ1n) is 21.8. The summed E-state index contributed by atoms with van der Waals surface area (Å²) in [5.74, 6) is 1.18. The molecule has 4 atom stereocenters. The first-order valence-corrected chi connectivity index (χ1v) is 21.8. The molecule has 1 saturated heterocycles. The number of hydrogen-bond donors (Lipinski definition) is 2. The van der Waals surface area contributed by atoms with E-state index in [9.17, 15) is 19.5 Å². The predicted molar refractivity (Wildman–Crippen MR) is 233 cm³/mol. The molecule has 2 heterocycles.